The summed E-state index contributed by atoms with van der Waals surface area (Å²) in [6.07, 6.45) is -0.168. The van der Waals surface area contributed by atoms with Crippen molar-refractivity contribution in [2.75, 3.05) is 54.0 Å². The first kappa shape index (κ1) is 23.1. The van der Waals surface area contributed by atoms with Crippen molar-refractivity contribution in [2.24, 2.45) is 0 Å². The quantitative estimate of drug-likeness (QED) is 0.392. The Bertz CT molecular complexity index is 797. The van der Waals surface area contributed by atoms with Gasteiger partial charge in [0.25, 0.3) is 0 Å². The van der Waals surface area contributed by atoms with Gasteiger partial charge >= 0.3 is 11.8 Å². The molecule has 162 valence electrons. The number of carbonyl (C=O) groups excluding carboxylic acids is 2. The molecule has 0 aliphatic carbocycles. The Labute approximate surface area is 171 Å². The number of nitrogens with one attached hydrogen (secondary N) is 2. The normalized spacial score (nSPS) is 17.3. The minimum Gasteiger partial charge on any atom is -0.497 e. The van der Waals surface area contributed by atoms with E-state index < -0.39 is 28.1 Å². The van der Waals surface area contributed by atoms with Gasteiger partial charge in [-0.05, 0) is 51.3 Å². The first-order valence-electron chi connectivity index (χ1n) is 9.24. The van der Waals surface area contributed by atoms with Crippen molar-refractivity contribution in [3.63, 3.8) is 0 Å². The molecule has 11 heteroatoms. The second kappa shape index (κ2) is 10.5. The molecule has 0 bridgehead atoms. The molecule has 0 saturated carbocycles. The highest BCUT2D eigenvalue weighted by Gasteiger charge is 2.36. The molecule has 1 saturated heterocycles. The van der Waals surface area contributed by atoms with Crippen molar-refractivity contribution in [3.8, 4) is 5.75 Å². The maximum Gasteiger partial charge on any atom is 0.309 e. The average Bonchev–Trinajstić information content (AvgIpc) is 3.18. The van der Waals surface area contributed by atoms with Crippen molar-refractivity contribution in [1.29, 1.82) is 0 Å². The maximum absolute atomic E-state index is 12.9. The lowest BCUT2D eigenvalue weighted by Crippen LogP contribution is -2.47. The van der Waals surface area contributed by atoms with Crippen LogP contribution in [0.3, 0.4) is 0 Å². The highest BCUT2D eigenvalue weighted by atomic mass is 32.2. The van der Waals surface area contributed by atoms with Crippen molar-refractivity contribution in [2.45, 2.75) is 17.5 Å². The number of hydrogen-bond donors (Lipinski definition) is 2. The van der Waals surface area contributed by atoms with Crippen LogP contribution in [0.25, 0.3) is 0 Å². The van der Waals surface area contributed by atoms with Gasteiger partial charge < -0.3 is 25.0 Å². The van der Waals surface area contributed by atoms with Crippen LogP contribution >= 0.6 is 0 Å². The van der Waals surface area contributed by atoms with Crippen molar-refractivity contribution >= 4 is 21.8 Å². The van der Waals surface area contributed by atoms with Gasteiger partial charge in [0.05, 0.1) is 25.2 Å². The third kappa shape index (κ3) is 6.39. The van der Waals surface area contributed by atoms with E-state index in [0.29, 0.717) is 18.7 Å². The Kier molecular flexibility index (Phi) is 8.38. The van der Waals surface area contributed by atoms with Crippen LogP contribution in [0.1, 0.15) is 6.42 Å². The van der Waals surface area contributed by atoms with Crippen LogP contribution in [-0.4, -0.2) is 89.7 Å². The minimum absolute atomic E-state index is 0.0961. The van der Waals surface area contributed by atoms with E-state index >= 15 is 0 Å². The fourth-order valence-electron chi connectivity index (χ4n) is 2.76. The number of amides is 2. The molecule has 1 heterocycles. The van der Waals surface area contributed by atoms with E-state index in [-0.39, 0.29) is 24.6 Å². The molecule has 1 aromatic rings. The van der Waals surface area contributed by atoms with Gasteiger partial charge in [-0.1, -0.05) is 0 Å². The van der Waals surface area contributed by atoms with Gasteiger partial charge in [0.1, 0.15) is 12.0 Å². The first-order valence-corrected chi connectivity index (χ1v) is 10.7. The molecule has 1 aliphatic heterocycles. The minimum atomic E-state index is -3.81. The molecule has 2 N–H and O–H groups in total. The van der Waals surface area contributed by atoms with Gasteiger partial charge in [-0.2, -0.15) is 4.31 Å². The highest BCUT2D eigenvalue weighted by Crippen LogP contribution is 2.23. The van der Waals surface area contributed by atoms with Crippen LogP contribution in [0.4, 0.5) is 0 Å². The summed E-state index contributed by atoms with van der Waals surface area (Å²) in [7, 11) is 1.52. The van der Waals surface area contributed by atoms with E-state index in [1.807, 2.05) is 19.0 Å². The molecule has 2 amide bonds. The van der Waals surface area contributed by atoms with Crippen molar-refractivity contribution < 1.29 is 27.5 Å². The number of rotatable bonds is 9. The van der Waals surface area contributed by atoms with Crippen molar-refractivity contribution in [1.82, 2.24) is 19.8 Å². The van der Waals surface area contributed by atoms with E-state index in [4.69, 9.17) is 9.47 Å². The lowest BCUT2D eigenvalue weighted by molar-refractivity contribution is -0.139. The number of ether oxygens (including phenoxy) is 2. The van der Waals surface area contributed by atoms with Crippen LogP contribution in [0, 0.1) is 0 Å². The molecular weight excluding hydrogens is 400 g/mol. The summed E-state index contributed by atoms with van der Waals surface area (Å²) in [6, 6.07) is 6.01. The summed E-state index contributed by atoms with van der Waals surface area (Å²) in [5.74, 6) is -1.04. The molecule has 0 unspecified atom stereocenters. The Morgan fingerprint density at radius 3 is 2.48 bits per heavy atom. The number of carbonyl (C=O) groups is 2. The largest absolute Gasteiger partial charge is 0.497 e. The summed E-state index contributed by atoms with van der Waals surface area (Å²) in [4.78, 5) is 25.9. The molecule has 29 heavy (non-hydrogen) atoms. The predicted octanol–water partition coefficient (Wildman–Crippen LogP) is -0.774. The van der Waals surface area contributed by atoms with Gasteiger partial charge in [0.2, 0.25) is 10.0 Å². The lowest BCUT2D eigenvalue weighted by Gasteiger charge is -2.23. The van der Waals surface area contributed by atoms with Crippen LogP contribution in [0.15, 0.2) is 29.2 Å². The summed E-state index contributed by atoms with van der Waals surface area (Å²) in [5.41, 5.74) is 0. The number of nitrogens with zero attached hydrogens (tertiary/aromatic N) is 2. The molecule has 1 fully saturated rings. The Hall–Kier alpha value is -2.21. The third-order valence-corrected chi connectivity index (χ3v) is 6.22. The van der Waals surface area contributed by atoms with Crippen LogP contribution in [-0.2, 0) is 24.3 Å². The smallest absolute Gasteiger partial charge is 0.309 e. The van der Waals surface area contributed by atoms with Gasteiger partial charge in [-0.25, -0.2) is 8.42 Å². The second-order valence-corrected chi connectivity index (χ2v) is 8.63. The fourth-order valence-corrected chi connectivity index (χ4v) is 4.27. The zero-order chi connectivity index (χ0) is 21.4. The highest BCUT2D eigenvalue weighted by molar-refractivity contribution is 7.89. The average molecular weight is 429 g/mol. The standard InChI is InChI=1S/C18H28N4O6S/c1-21(2)10-4-9-19-17(23)18(24)20-13-16-22(11-12-28-16)29(25,26)15-7-5-14(27-3)6-8-15/h5-8,16H,4,9-13H2,1-3H3,(H,19,23)(H,20,24)/t16-/m0/s1. The van der Waals surface area contributed by atoms with Gasteiger partial charge in [-0.15, -0.1) is 0 Å². The summed E-state index contributed by atoms with van der Waals surface area (Å²) in [6.45, 7) is 1.40. The molecule has 0 radical (unpaired) electrons. The summed E-state index contributed by atoms with van der Waals surface area (Å²) < 4.78 is 37.4. The monoisotopic (exact) mass is 428 g/mol. The molecule has 1 aromatic carbocycles. The van der Waals surface area contributed by atoms with E-state index in [1.165, 1.54) is 23.5 Å². The summed E-state index contributed by atoms with van der Waals surface area (Å²) >= 11 is 0. The van der Waals surface area contributed by atoms with Crippen LogP contribution in [0.2, 0.25) is 0 Å². The molecule has 10 nitrogen and oxygen atoms in total. The fraction of sp³-hybridized carbons (Fsp3) is 0.556. The Morgan fingerprint density at radius 1 is 1.21 bits per heavy atom. The zero-order valence-corrected chi connectivity index (χ0v) is 17.7. The van der Waals surface area contributed by atoms with E-state index in [0.717, 1.165) is 6.54 Å². The molecular formula is C18H28N4O6S. The summed E-state index contributed by atoms with van der Waals surface area (Å²) in [5, 5.41) is 4.96. The Balaban J connectivity index is 1.90. The first-order chi connectivity index (χ1) is 13.8. The topological polar surface area (TPSA) is 117 Å². The van der Waals surface area contributed by atoms with Gasteiger partial charge in [0, 0.05) is 13.1 Å². The van der Waals surface area contributed by atoms with E-state index in [2.05, 4.69) is 10.6 Å². The molecule has 0 spiro atoms. The van der Waals surface area contributed by atoms with Crippen molar-refractivity contribution in [3.05, 3.63) is 24.3 Å². The van der Waals surface area contributed by atoms with Crippen LogP contribution in [0.5, 0.6) is 5.75 Å². The van der Waals surface area contributed by atoms with Gasteiger partial charge in [0.15, 0.2) is 0 Å². The van der Waals surface area contributed by atoms with Gasteiger partial charge in [-0.3, -0.25) is 9.59 Å². The predicted molar refractivity (Wildman–Crippen MR) is 106 cm³/mol. The van der Waals surface area contributed by atoms with Crippen LogP contribution < -0.4 is 15.4 Å². The lowest BCUT2D eigenvalue weighted by atomic mass is 10.3. The molecule has 2 rings (SSSR count). The molecule has 0 aromatic heterocycles. The third-order valence-electron chi connectivity index (χ3n) is 4.32. The van der Waals surface area contributed by atoms with E-state index in [1.54, 1.807) is 12.1 Å². The SMILES string of the molecule is COc1ccc(S(=O)(=O)N2CCO[C@H]2CNC(=O)C(=O)NCCCN(C)C)cc1. The number of sulfonamides is 1. The Morgan fingerprint density at radius 2 is 1.86 bits per heavy atom. The van der Waals surface area contributed by atoms with E-state index in [9.17, 15) is 18.0 Å². The number of hydrogen-bond acceptors (Lipinski definition) is 7. The molecule has 1 atom stereocenters. The second-order valence-electron chi connectivity index (χ2n) is 6.74. The number of methoxy groups -OCH3 is 1. The number of benzene rings is 1. The molecule has 1 aliphatic rings. The zero-order valence-electron chi connectivity index (χ0n) is 16.9. The maximum atomic E-state index is 12.9.